The lowest BCUT2D eigenvalue weighted by molar-refractivity contribution is -0.131. The number of ketones is 1. The van der Waals surface area contributed by atoms with E-state index in [1.165, 1.54) is 12.1 Å². The topological polar surface area (TPSA) is 67.3 Å². The highest BCUT2D eigenvalue weighted by Gasteiger charge is 2.15. The van der Waals surface area contributed by atoms with Crippen molar-refractivity contribution in [2.45, 2.75) is 6.92 Å². The lowest BCUT2D eigenvalue weighted by Gasteiger charge is -1.98. The number of pyridine rings is 1. The molecule has 0 saturated carbocycles. The summed E-state index contributed by atoms with van der Waals surface area (Å²) >= 11 is 5.54. The minimum Gasteiger partial charge on any atom is -0.475 e. The lowest BCUT2D eigenvalue weighted by atomic mass is 10.1. The van der Waals surface area contributed by atoms with Gasteiger partial charge in [-0.15, -0.1) is 0 Å². The van der Waals surface area contributed by atoms with Crippen molar-refractivity contribution in [3.05, 3.63) is 28.5 Å². The van der Waals surface area contributed by atoms with Crippen LogP contribution in [0.1, 0.15) is 16.1 Å². The third-order valence-electron chi connectivity index (χ3n) is 1.38. The fraction of sp³-hybridized carbons (Fsp3) is 0.125. The number of aromatic nitrogens is 1. The van der Waals surface area contributed by atoms with Gasteiger partial charge < -0.3 is 5.11 Å². The summed E-state index contributed by atoms with van der Waals surface area (Å²) in [7, 11) is 0. The number of carboxylic acid groups (broad SMARTS) is 1. The van der Waals surface area contributed by atoms with Crippen LogP contribution in [-0.2, 0) is 4.79 Å². The Balaban J connectivity index is 3.15. The van der Waals surface area contributed by atoms with Crippen LogP contribution in [0.15, 0.2) is 12.1 Å². The second-order valence-corrected chi connectivity index (χ2v) is 2.84. The van der Waals surface area contributed by atoms with Gasteiger partial charge in [0.1, 0.15) is 5.15 Å². The molecule has 0 aliphatic rings. The highest BCUT2D eigenvalue weighted by atomic mass is 35.5. The number of carbonyl (C=O) groups is 2. The summed E-state index contributed by atoms with van der Waals surface area (Å²) in [5, 5.41) is 8.52. The Bertz CT molecular complexity index is 355. The summed E-state index contributed by atoms with van der Waals surface area (Å²) in [4.78, 5) is 25.1. The number of hydrogen-bond donors (Lipinski definition) is 1. The number of rotatable bonds is 2. The van der Waals surface area contributed by atoms with Crippen molar-refractivity contribution in [3.8, 4) is 0 Å². The van der Waals surface area contributed by atoms with Crippen LogP contribution in [0.3, 0.4) is 0 Å². The first-order valence-electron chi connectivity index (χ1n) is 3.42. The fourth-order valence-electron chi connectivity index (χ4n) is 0.883. The minimum absolute atomic E-state index is 0.0463. The Morgan fingerprint density at radius 3 is 2.54 bits per heavy atom. The van der Waals surface area contributed by atoms with E-state index in [4.69, 9.17) is 16.7 Å². The largest absolute Gasteiger partial charge is 0.475 e. The van der Waals surface area contributed by atoms with Gasteiger partial charge >= 0.3 is 5.97 Å². The van der Waals surface area contributed by atoms with Crippen LogP contribution in [-0.4, -0.2) is 21.8 Å². The van der Waals surface area contributed by atoms with Crippen molar-refractivity contribution < 1.29 is 14.7 Å². The molecule has 0 aromatic carbocycles. The van der Waals surface area contributed by atoms with E-state index in [1.807, 2.05) is 0 Å². The number of halogens is 1. The van der Waals surface area contributed by atoms with Crippen LogP contribution >= 0.6 is 11.6 Å². The molecule has 0 saturated heterocycles. The van der Waals surface area contributed by atoms with Gasteiger partial charge in [0.25, 0.3) is 5.78 Å². The molecule has 0 bridgehead atoms. The fourth-order valence-corrected chi connectivity index (χ4v) is 1.13. The van der Waals surface area contributed by atoms with Gasteiger partial charge in [0.05, 0.1) is 0 Å². The number of aryl methyl sites for hydroxylation is 1. The third-order valence-corrected chi connectivity index (χ3v) is 1.57. The van der Waals surface area contributed by atoms with E-state index in [-0.39, 0.29) is 10.7 Å². The van der Waals surface area contributed by atoms with Gasteiger partial charge in [0, 0.05) is 11.3 Å². The molecule has 1 rings (SSSR count). The number of hydrogen-bond acceptors (Lipinski definition) is 3. The summed E-state index contributed by atoms with van der Waals surface area (Å²) in [6.07, 6.45) is 0. The van der Waals surface area contributed by atoms with Gasteiger partial charge in [0.2, 0.25) is 0 Å². The lowest BCUT2D eigenvalue weighted by Crippen LogP contribution is -2.13. The molecule has 5 heteroatoms. The molecule has 0 fully saturated rings. The molecule has 13 heavy (non-hydrogen) atoms. The van der Waals surface area contributed by atoms with E-state index < -0.39 is 11.8 Å². The first-order chi connectivity index (χ1) is 6.00. The average Bonchev–Trinajstić information content (AvgIpc) is 2.01. The molecule has 1 aromatic rings. The molecule has 1 heterocycles. The Labute approximate surface area is 79.2 Å². The maximum Gasteiger partial charge on any atom is 0.377 e. The zero-order valence-corrected chi connectivity index (χ0v) is 7.50. The molecule has 1 N–H and O–H groups in total. The van der Waals surface area contributed by atoms with E-state index >= 15 is 0 Å². The highest BCUT2D eigenvalue weighted by Crippen LogP contribution is 2.10. The third kappa shape index (κ3) is 2.26. The Morgan fingerprint density at radius 1 is 1.46 bits per heavy atom. The van der Waals surface area contributed by atoms with Gasteiger partial charge in [-0.1, -0.05) is 11.6 Å². The van der Waals surface area contributed by atoms with E-state index in [0.29, 0.717) is 5.69 Å². The number of carbonyl (C=O) groups excluding carboxylic acids is 1. The maximum absolute atomic E-state index is 11.0. The maximum atomic E-state index is 11.0. The smallest absolute Gasteiger partial charge is 0.377 e. The van der Waals surface area contributed by atoms with Crippen LogP contribution in [0, 0.1) is 6.92 Å². The molecule has 68 valence electrons. The number of aliphatic carboxylic acids is 1. The molecule has 0 atom stereocenters. The average molecular weight is 200 g/mol. The van der Waals surface area contributed by atoms with Gasteiger partial charge in [-0.05, 0) is 19.1 Å². The van der Waals surface area contributed by atoms with Crippen LogP contribution in [0.4, 0.5) is 0 Å². The molecule has 0 amide bonds. The van der Waals surface area contributed by atoms with Gasteiger partial charge in [-0.25, -0.2) is 9.78 Å². The summed E-state index contributed by atoms with van der Waals surface area (Å²) in [6, 6.07) is 2.60. The van der Waals surface area contributed by atoms with Crippen LogP contribution in [0.2, 0.25) is 5.15 Å². The number of Topliss-reactive ketones (excluding diaryl/α,β-unsaturated/α-hetero) is 1. The molecular formula is C8H6ClNO3. The first-order valence-corrected chi connectivity index (χ1v) is 3.80. The summed E-state index contributed by atoms with van der Waals surface area (Å²) in [5.74, 6) is -2.48. The monoisotopic (exact) mass is 199 g/mol. The number of carboxylic acids is 1. The Hall–Kier alpha value is -1.42. The first kappa shape index (κ1) is 9.67. The van der Waals surface area contributed by atoms with Crippen LogP contribution in [0.5, 0.6) is 0 Å². The van der Waals surface area contributed by atoms with E-state index in [0.717, 1.165) is 0 Å². The van der Waals surface area contributed by atoms with Crippen molar-refractivity contribution in [1.29, 1.82) is 0 Å². The molecule has 0 radical (unpaired) electrons. The Kier molecular flexibility index (Phi) is 2.63. The van der Waals surface area contributed by atoms with E-state index in [2.05, 4.69) is 4.98 Å². The van der Waals surface area contributed by atoms with Gasteiger partial charge in [-0.2, -0.15) is 0 Å². The molecule has 4 nitrogen and oxygen atoms in total. The molecule has 0 aliphatic heterocycles. The molecule has 0 spiro atoms. The van der Waals surface area contributed by atoms with Crippen LogP contribution in [0.25, 0.3) is 0 Å². The van der Waals surface area contributed by atoms with Crippen LogP contribution < -0.4 is 0 Å². The minimum atomic E-state index is -1.50. The molecular weight excluding hydrogens is 194 g/mol. The zero-order valence-electron chi connectivity index (χ0n) is 6.74. The van der Waals surface area contributed by atoms with E-state index in [9.17, 15) is 9.59 Å². The van der Waals surface area contributed by atoms with Crippen molar-refractivity contribution in [2.24, 2.45) is 0 Å². The molecule has 0 aliphatic carbocycles. The van der Waals surface area contributed by atoms with Gasteiger partial charge in [-0.3, -0.25) is 4.79 Å². The highest BCUT2D eigenvalue weighted by molar-refractivity contribution is 6.40. The summed E-state index contributed by atoms with van der Waals surface area (Å²) < 4.78 is 0. The number of nitrogens with zero attached hydrogens (tertiary/aromatic N) is 1. The SMILES string of the molecule is Cc1cc(C(=O)C(=O)O)cc(Cl)n1. The van der Waals surface area contributed by atoms with Crippen molar-refractivity contribution in [2.75, 3.05) is 0 Å². The normalized spacial score (nSPS) is 9.69. The van der Waals surface area contributed by atoms with E-state index in [1.54, 1.807) is 6.92 Å². The van der Waals surface area contributed by atoms with Crippen molar-refractivity contribution in [1.82, 2.24) is 4.98 Å². The second kappa shape index (κ2) is 3.53. The molecule has 0 unspecified atom stereocenters. The van der Waals surface area contributed by atoms with Gasteiger partial charge in [0.15, 0.2) is 0 Å². The zero-order chi connectivity index (χ0) is 10.0. The predicted molar refractivity (Wildman–Crippen MR) is 46.0 cm³/mol. The predicted octanol–water partition coefficient (Wildman–Crippen LogP) is 1.31. The molecule has 1 aromatic heterocycles. The van der Waals surface area contributed by atoms with Crippen molar-refractivity contribution in [3.63, 3.8) is 0 Å². The summed E-state index contributed by atoms with van der Waals surface area (Å²) in [6.45, 7) is 1.63. The second-order valence-electron chi connectivity index (χ2n) is 2.45. The Morgan fingerprint density at radius 2 is 2.08 bits per heavy atom. The summed E-state index contributed by atoms with van der Waals surface area (Å²) in [5.41, 5.74) is 0.558. The van der Waals surface area contributed by atoms with Crippen molar-refractivity contribution >= 4 is 23.4 Å². The standard InChI is InChI=1S/C8H6ClNO3/c1-4-2-5(3-6(9)10-4)7(11)8(12)13/h2-3H,1H3,(H,12,13). The quantitative estimate of drug-likeness (QED) is 0.443.